The molecule has 0 unspecified atom stereocenters. The lowest BCUT2D eigenvalue weighted by Gasteiger charge is -2.25. The van der Waals surface area contributed by atoms with Gasteiger partial charge in [-0.1, -0.05) is 12.1 Å². The second-order valence-corrected chi connectivity index (χ2v) is 6.58. The summed E-state index contributed by atoms with van der Waals surface area (Å²) in [6, 6.07) is 5.96. The molecule has 0 spiro atoms. The largest absolute Gasteiger partial charge is 0.378 e. The fourth-order valence-electron chi connectivity index (χ4n) is 2.43. The fourth-order valence-corrected chi connectivity index (χ4v) is 3.29. The Morgan fingerprint density at radius 3 is 2.65 bits per heavy atom. The molecule has 0 atom stereocenters. The molecule has 0 radical (unpaired) electrons. The van der Waals surface area contributed by atoms with Crippen molar-refractivity contribution in [1.82, 2.24) is 15.8 Å². The van der Waals surface area contributed by atoms with Crippen molar-refractivity contribution in [3.8, 4) is 0 Å². The van der Waals surface area contributed by atoms with Crippen LogP contribution in [0.5, 0.6) is 0 Å². The number of amides is 2. The Labute approximate surface area is 154 Å². The summed E-state index contributed by atoms with van der Waals surface area (Å²) >= 11 is 1.38. The Morgan fingerprint density at radius 2 is 1.92 bits per heavy atom. The number of benzene rings is 1. The van der Waals surface area contributed by atoms with Gasteiger partial charge in [0.15, 0.2) is 5.13 Å². The van der Waals surface area contributed by atoms with Crippen LogP contribution in [0, 0.1) is 5.82 Å². The van der Waals surface area contributed by atoms with Gasteiger partial charge in [0, 0.05) is 24.9 Å². The summed E-state index contributed by atoms with van der Waals surface area (Å²) in [5.74, 6) is -1.10. The molecule has 2 N–H and O–H groups in total. The molecule has 1 fully saturated rings. The molecule has 138 valence electrons. The summed E-state index contributed by atoms with van der Waals surface area (Å²) in [6.07, 6.45) is 0.641. The molecule has 7 nitrogen and oxygen atoms in total. The highest BCUT2D eigenvalue weighted by molar-refractivity contribution is 7.13. The van der Waals surface area contributed by atoms with Crippen molar-refractivity contribution in [3.05, 3.63) is 46.7 Å². The van der Waals surface area contributed by atoms with Crippen LogP contribution in [0.2, 0.25) is 0 Å². The Hall–Kier alpha value is -2.52. The SMILES string of the molecule is O=C(CCc1ccc(F)cc1)NNC(=O)c1csc(N2CCOCC2)n1. The van der Waals surface area contributed by atoms with Crippen LogP contribution in [0.15, 0.2) is 29.6 Å². The van der Waals surface area contributed by atoms with Crippen molar-refractivity contribution in [3.63, 3.8) is 0 Å². The number of hydrogen-bond acceptors (Lipinski definition) is 6. The number of halogens is 1. The van der Waals surface area contributed by atoms with E-state index < -0.39 is 5.91 Å². The van der Waals surface area contributed by atoms with Crippen molar-refractivity contribution >= 4 is 28.3 Å². The zero-order valence-electron chi connectivity index (χ0n) is 14.0. The Kier molecular flexibility index (Phi) is 6.13. The monoisotopic (exact) mass is 378 g/mol. The summed E-state index contributed by atoms with van der Waals surface area (Å²) in [4.78, 5) is 30.3. The molecule has 26 heavy (non-hydrogen) atoms. The Morgan fingerprint density at radius 1 is 1.19 bits per heavy atom. The quantitative estimate of drug-likeness (QED) is 0.771. The lowest BCUT2D eigenvalue weighted by Crippen LogP contribution is -2.42. The van der Waals surface area contributed by atoms with Gasteiger partial charge in [0.05, 0.1) is 13.2 Å². The Balaban J connectivity index is 1.43. The van der Waals surface area contributed by atoms with E-state index in [0.717, 1.165) is 23.8 Å². The summed E-state index contributed by atoms with van der Waals surface area (Å²) < 4.78 is 18.1. The fraction of sp³-hybridized carbons (Fsp3) is 0.353. The number of carbonyl (C=O) groups excluding carboxylic acids is 2. The lowest BCUT2D eigenvalue weighted by molar-refractivity contribution is -0.121. The van der Waals surface area contributed by atoms with Gasteiger partial charge in [0.2, 0.25) is 5.91 Å². The summed E-state index contributed by atoms with van der Waals surface area (Å²) in [5, 5.41) is 2.42. The van der Waals surface area contributed by atoms with Crippen LogP contribution in [-0.4, -0.2) is 43.1 Å². The van der Waals surface area contributed by atoms with Crippen molar-refractivity contribution in [1.29, 1.82) is 0 Å². The maximum atomic E-state index is 12.8. The second-order valence-electron chi connectivity index (χ2n) is 5.74. The molecule has 3 rings (SSSR count). The molecular formula is C17H19FN4O3S. The number of morpholine rings is 1. The normalized spacial score (nSPS) is 14.1. The first-order valence-corrected chi connectivity index (χ1v) is 9.11. The van der Waals surface area contributed by atoms with Gasteiger partial charge in [0.1, 0.15) is 11.5 Å². The minimum Gasteiger partial charge on any atom is -0.378 e. The maximum Gasteiger partial charge on any atom is 0.289 e. The average molecular weight is 378 g/mol. The van der Waals surface area contributed by atoms with E-state index in [-0.39, 0.29) is 23.8 Å². The first kappa shape index (κ1) is 18.3. The van der Waals surface area contributed by atoms with Gasteiger partial charge in [-0.25, -0.2) is 9.37 Å². The number of carbonyl (C=O) groups is 2. The maximum absolute atomic E-state index is 12.8. The van der Waals surface area contributed by atoms with E-state index in [9.17, 15) is 14.0 Å². The molecule has 2 amide bonds. The van der Waals surface area contributed by atoms with Gasteiger partial charge < -0.3 is 9.64 Å². The van der Waals surface area contributed by atoms with Crippen LogP contribution in [-0.2, 0) is 16.0 Å². The number of aryl methyl sites for hydroxylation is 1. The number of aromatic nitrogens is 1. The standard InChI is InChI=1S/C17H19FN4O3S/c18-13-4-1-12(2-5-13)3-6-15(23)20-21-16(24)14-11-26-17(19-14)22-7-9-25-10-8-22/h1-2,4-5,11H,3,6-10H2,(H,20,23)(H,21,24). The number of thiazole rings is 1. The van der Waals surface area contributed by atoms with E-state index in [2.05, 4.69) is 20.7 Å². The van der Waals surface area contributed by atoms with E-state index in [1.54, 1.807) is 17.5 Å². The average Bonchev–Trinajstić information content (AvgIpc) is 3.17. The highest BCUT2D eigenvalue weighted by atomic mass is 32.1. The molecule has 1 aliphatic rings. The number of ether oxygens (including phenoxy) is 1. The zero-order valence-corrected chi connectivity index (χ0v) is 14.9. The summed E-state index contributed by atoms with van der Waals surface area (Å²) in [6.45, 7) is 2.78. The highest BCUT2D eigenvalue weighted by Crippen LogP contribution is 2.21. The number of nitrogens with one attached hydrogen (secondary N) is 2. The van der Waals surface area contributed by atoms with E-state index >= 15 is 0 Å². The molecular weight excluding hydrogens is 359 g/mol. The van der Waals surface area contributed by atoms with Gasteiger partial charge in [0.25, 0.3) is 5.91 Å². The van der Waals surface area contributed by atoms with Gasteiger partial charge >= 0.3 is 0 Å². The van der Waals surface area contributed by atoms with Crippen LogP contribution < -0.4 is 15.8 Å². The summed E-state index contributed by atoms with van der Waals surface area (Å²) in [7, 11) is 0. The van der Waals surface area contributed by atoms with Crippen LogP contribution >= 0.6 is 11.3 Å². The highest BCUT2D eigenvalue weighted by Gasteiger charge is 2.17. The predicted octanol–water partition coefficient (Wildman–Crippen LogP) is 1.51. The number of hydrogen-bond donors (Lipinski definition) is 2. The Bertz CT molecular complexity index is 760. The van der Waals surface area contributed by atoms with Gasteiger partial charge in [-0.2, -0.15) is 0 Å². The topological polar surface area (TPSA) is 83.6 Å². The third-order valence-corrected chi connectivity index (χ3v) is 4.78. The number of nitrogens with zero attached hydrogens (tertiary/aromatic N) is 2. The number of rotatable bonds is 5. The first-order chi connectivity index (χ1) is 12.6. The summed E-state index contributed by atoms with van der Waals surface area (Å²) in [5.41, 5.74) is 5.84. The van der Waals surface area contributed by atoms with E-state index in [1.807, 2.05) is 0 Å². The molecule has 2 aromatic rings. The van der Waals surface area contributed by atoms with Gasteiger partial charge in [-0.15, -0.1) is 11.3 Å². The third kappa shape index (κ3) is 4.99. The predicted molar refractivity (Wildman–Crippen MR) is 95.5 cm³/mol. The third-order valence-electron chi connectivity index (χ3n) is 3.88. The van der Waals surface area contributed by atoms with E-state index in [4.69, 9.17) is 4.74 Å². The van der Waals surface area contributed by atoms with Gasteiger partial charge in [-0.3, -0.25) is 20.4 Å². The van der Waals surface area contributed by atoms with Crippen LogP contribution in [0.25, 0.3) is 0 Å². The lowest BCUT2D eigenvalue weighted by atomic mass is 10.1. The van der Waals surface area contributed by atoms with Crippen LogP contribution in [0.1, 0.15) is 22.5 Å². The van der Waals surface area contributed by atoms with E-state index in [1.165, 1.54) is 23.5 Å². The number of hydrazine groups is 1. The molecule has 1 aliphatic heterocycles. The van der Waals surface area contributed by atoms with Crippen molar-refractivity contribution < 1.29 is 18.7 Å². The molecule has 0 bridgehead atoms. The zero-order chi connectivity index (χ0) is 18.4. The first-order valence-electron chi connectivity index (χ1n) is 8.23. The van der Waals surface area contributed by atoms with Crippen LogP contribution in [0.3, 0.4) is 0 Å². The molecule has 0 saturated carbocycles. The smallest absolute Gasteiger partial charge is 0.289 e. The minimum atomic E-state index is -0.462. The van der Waals surface area contributed by atoms with E-state index in [0.29, 0.717) is 19.6 Å². The molecule has 1 aromatic carbocycles. The van der Waals surface area contributed by atoms with Crippen molar-refractivity contribution in [2.45, 2.75) is 12.8 Å². The molecule has 0 aliphatic carbocycles. The molecule has 1 aromatic heterocycles. The molecule has 9 heteroatoms. The van der Waals surface area contributed by atoms with Crippen LogP contribution in [0.4, 0.5) is 9.52 Å². The molecule has 2 heterocycles. The van der Waals surface area contributed by atoms with Crippen molar-refractivity contribution in [2.24, 2.45) is 0 Å². The van der Waals surface area contributed by atoms with Crippen molar-refractivity contribution in [2.75, 3.05) is 31.2 Å². The van der Waals surface area contributed by atoms with Gasteiger partial charge in [-0.05, 0) is 24.1 Å². The minimum absolute atomic E-state index is 0.183. The second kappa shape index (κ2) is 8.72. The molecule has 1 saturated heterocycles. The number of anilines is 1.